The van der Waals surface area contributed by atoms with E-state index in [0.29, 0.717) is 0 Å². The van der Waals surface area contributed by atoms with E-state index < -0.39 is 0 Å². The third-order valence-electron chi connectivity index (χ3n) is 3.08. The van der Waals surface area contributed by atoms with Crippen molar-refractivity contribution in [3.05, 3.63) is 0 Å². The highest BCUT2D eigenvalue weighted by molar-refractivity contribution is 5.79. The molecule has 1 atom stereocenters. The quantitative estimate of drug-likeness (QED) is 0.692. The maximum absolute atomic E-state index is 11.8. The van der Waals surface area contributed by atoms with Gasteiger partial charge < -0.3 is 5.32 Å². The van der Waals surface area contributed by atoms with Crippen LogP contribution in [0.25, 0.3) is 0 Å². The largest absolute Gasteiger partial charge is 0.343 e. The Kier molecular flexibility index (Phi) is 5.25. The third kappa shape index (κ3) is 4.38. The van der Waals surface area contributed by atoms with Gasteiger partial charge in [0.05, 0.1) is 6.04 Å². The van der Waals surface area contributed by atoms with Crippen LogP contribution in [0.1, 0.15) is 51.9 Å². The summed E-state index contributed by atoms with van der Waals surface area (Å²) >= 11 is 0. The van der Waals surface area contributed by atoms with Crippen LogP contribution in [0.4, 0.5) is 0 Å². The van der Waals surface area contributed by atoms with Crippen LogP contribution in [0.15, 0.2) is 0 Å². The van der Waals surface area contributed by atoms with E-state index in [-0.39, 0.29) is 17.9 Å². The number of rotatable bonds is 2. The van der Waals surface area contributed by atoms with Gasteiger partial charge in [-0.2, -0.15) is 0 Å². The van der Waals surface area contributed by atoms with Crippen molar-refractivity contribution >= 4 is 5.91 Å². The number of hydrogen-bond donors (Lipinski definition) is 1. The lowest BCUT2D eigenvalue weighted by atomic mass is 9.90. The SMILES string of the molecule is C#CC(C)NC(=O)C1CCCCCCC1. The number of hydrogen-bond acceptors (Lipinski definition) is 1. The highest BCUT2D eigenvalue weighted by atomic mass is 16.1. The van der Waals surface area contributed by atoms with E-state index in [2.05, 4.69) is 11.2 Å². The first-order valence-electron chi connectivity index (χ1n) is 6.00. The first kappa shape index (κ1) is 12.1. The molecule has 1 fully saturated rings. The van der Waals surface area contributed by atoms with Gasteiger partial charge in [0.1, 0.15) is 0 Å². The molecule has 0 saturated heterocycles. The third-order valence-corrected chi connectivity index (χ3v) is 3.08. The van der Waals surface area contributed by atoms with Gasteiger partial charge >= 0.3 is 0 Å². The van der Waals surface area contributed by atoms with Crippen LogP contribution in [0.3, 0.4) is 0 Å². The molecule has 1 aliphatic rings. The maximum Gasteiger partial charge on any atom is 0.224 e. The van der Waals surface area contributed by atoms with Crippen molar-refractivity contribution in [1.82, 2.24) is 5.32 Å². The molecule has 0 heterocycles. The lowest BCUT2D eigenvalue weighted by Crippen LogP contribution is -2.36. The Hall–Kier alpha value is -0.970. The summed E-state index contributed by atoms with van der Waals surface area (Å²) in [7, 11) is 0. The van der Waals surface area contributed by atoms with Crippen LogP contribution in [0, 0.1) is 18.3 Å². The molecule has 2 nitrogen and oxygen atoms in total. The van der Waals surface area contributed by atoms with Crippen LogP contribution in [-0.4, -0.2) is 11.9 Å². The second-order valence-electron chi connectivity index (χ2n) is 4.44. The van der Waals surface area contributed by atoms with Gasteiger partial charge in [0, 0.05) is 5.92 Å². The van der Waals surface area contributed by atoms with Gasteiger partial charge in [-0.25, -0.2) is 0 Å². The molecule has 0 spiro atoms. The van der Waals surface area contributed by atoms with Crippen molar-refractivity contribution in [1.29, 1.82) is 0 Å². The standard InChI is InChI=1S/C13H21NO/c1-3-11(2)14-13(15)12-9-7-5-4-6-8-10-12/h1,11-12H,4-10H2,2H3,(H,14,15). The molecule has 0 radical (unpaired) electrons. The summed E-state index contributed by atoms with van der Waals surface area (Å²) in [4.78, 5) is 11.8. The topological polar surface area (TPSA) is 29.1 Å². The molecule has 0 aromatic rings. The fraction of sp³-hybridized carbons (Fsp3) is 0.769. The lowest BCUT2D eigenvalue weighted by molar-refractivity contribution is -0.125. The summed E-state index contributed by atoms with van der Waals surface area (Å²) in [6.07, 6.45) is 13.5. The second kappa shape index (κ2) is 6.50. The Morgan fingerprint density at radius 2 is 1.80 bits per heavy atom. The van der Waals surface area contributed by atoms with Crippen LogP contribution < -0.4 is 5.32 Å². The minimum Gasteiger partial charge on any atom is -0.343 e. The van der Waals surface area contributed by atoms with Gasteiger partial charge in [-0.1, -0.05) is 38.0 Å². The van der Waals surface area contributed by atoms with E-state index >= 15 is 0 Å². The zero-order valence-corrected chi connectivity index (χ0v) is 9.59. The Morgan fingerprint density at radius 1 is 1.27 bits per heavy atom. The molecular weight excluding hydrogens is 186 g/mol. The van der Waals surface area contributed by atoms with E-state index in [1.165, 1.54) is 32.1 Å². The fourth-order valence-corrected chi connectivity index (χ4v) is 2.09. The summed E-state index contributed by atoms with van der Waals surface area (Å²) in [6, 6.07) is -0.136. The summed E-state index contributed by atoms with van der Waals surface area (Å²) in [5.74, 6) is 2.88. The molecule has 0 bridgehead atoms. The Balaban J connectivity index is 2.39. The molecule has 1 rings (SSSR count). The highest BCUT2D eigenvalue weighted by Gasteiger charge is 2.19. The van der Waals surface area contributed by atoms with Crippen molar-refractivity contribution in [3.8, 4) is 12.3 Å². The predicted molar refractivity (Wildman–Crippen MR) is 62.2 cm³/mol. The van der Waals surface area contributed by atoms with Crippen LogP contribution in [0.5, 0.6) is 0 Å². The maximum atomic E-state index is 11.8. The van der Waals surface area contributed by atoms with Crippen molar-refractivity contribution in [2.24, 2.45) is 5.92 Å². The summed E-state index contributed by atoms with van der Waals surface area (Å²) < 4.78 is 0. The predicted octanol–water partition coefficient (Wildman–Crippen LogP) is 2.48. The van der Waals surface area contributed by atoms with Crippen molar-refractivity contribution in [2.75, 3.05) is 0 Å². The molecular formula is C13H21NO. The molecule has 0 aliphatic heterocycles. The molecule has 2 heteroatoms. The monoisotopic (exact) mass is 207 g/mol. The molecule has 1 aliphatic carbocycles. The normalized spacial score (nSPS) is 20.8. The van der Waals surface area contributed by atoms with Gasteiger partial charge in [-0.05, 0) is 19.8 Å². The molecule has 1 unspecified atom stereocenters. The Labute approximate surface area is 92.8 Å². The number of amides is 1. The smallest absolute Gasteiger partial charge is 0.224 e. The zero-order valence-electron chi connectivity index (χ0n) is 9.59. The van der Waals surface area contributed by atoms with Crippen molar-refractivity contribution in [3.63, 3.8) is 0 Å². The Bertz CT molecular complexity index is 233. The molecule has 1 N–H and O–H groups in total. The van der Waals surface area contributed by atoms with Gasteiger partial charge in [0.2, 0.25) is 5.91 Å². The van der Waals surface area contributed by atoms with Crippen LogP contribution in [0.2, 0.25) is 0 Å². The lowest BCUT2D eigenvalue weighted by Gasteiger charge is -2.20. The fourth-order valence-electron chi connectivity index (χ4n) is 2.09. The van der Waals surface area contributed by atoms with Crippen LogP contribution in [-0.2, 0) is 4.79 Å². The number of nitrogens with one attached hydrogen (secondary N) is 1. The molecule has 84 valence electrons. The highest BCUT2D eigenvalue weighted by Crippen LogP contribution is 2.22. The average Bonchev–Trinajstić information content (AvgIpc) is 2.16. The average molecular weight is 207 g/mol. The van der Waals surface area contributed by atoms with Crippen molar-refractivity contribution in [2.45, 2.75) is 57.9 Å². The first-order valence-corrected chi connectivity index (χ1v) is 6.00. The van der Waals surface area contributed by atoms with E-state index in [1.54, 1.807) is 0 Å². The zero-order chi connectivity index (χ0) is 11.1. The van der Waals surface area contributed by atoms with Gasteiger partial charge in [-0.3, -0.25) is 4.79 Å². The molecule has 1 amide bonds. The minimum atomic E-state index is -0.136. The molecule has 15 heavy (non-hydrogen) atoms. The summed E-state index contributed by atoms with van der Waals surface area (Å²) in [5, 5.41) is 2.87. The molecule has 0 aromatic carbocycles. The van der Waals surface area contributed by atoms with E-state index in [0.717, 1.165) is 12.8 Å². The number of terminal acetylenes is 1. The van der Waals surface area contributed by atoms with Crippen molar-refractivity contribution < 1.29 is 4.79 Å². The number of carbonyl (C=O) groups is 1. The second-order valence-corrected chi connectivity index (χ2v) is 4.44. The molecule has 0 aromatic heterocycles. The summed E-state index contributed by atoms with van der Waals surface area (Å²) in [5.41, 5.74) is 0. The van der Waals surface area contributed by atoms with E-state index in [4.69, 9.17) is 6.42 Å². The van der Waals surface area contributed by atoms with Crippen LogP contribution >= 0.6 is 0 Å². The van der Waals surface area contributed by atoms with E-state index in [1.807, 2.05) is 6.92 Å². The first-order chi connectivity index (χ1) is 7.24. The Morgan fingerprint density at radius 3 is 2.33 bits per heavy atom. The summed E-state index contributed by atoms with van der Waals surface area (Å²) in [6.45, 7) is 1.85. The minimum absolute atomic E-state index is 0.136. The van der Waals surface area contributed by atoms with Gasteiger partial charge in [0.15, 0.2) is 0 Å². The van der Waals surface area contributed by atoms with Gasteiger partial charge in [-0.15, -0.1) is 6.42 Å². The van der Waals surface area contributed by atoms with E-state index in [9.17, 15) is 4.79 Å². The molecule has 1 saturated carbocycles. The number of carbonyl (C=O) groups excluding carboxylic acids is 1. The van der Waals surface area contributed by atoms with Gasteiger partial charge in [0.25, 0.3) is 0 Å².